The maximum Gasteiger partial charge on any atom is 0.422 e. The summed E-state index contributed by atoms with van der Waals surface area (Å²) >= 11 is 0. The monoisotopic (exact) mass is 376 g/mol. The lowest BCUT2D eigenvalue weighted by molar-refractivity contribution is -0.385. The first kappa shape index (κ1) is 20.9. The van der Waals surface area contributed by atoms with Crippen molar-refractivity contribution in [1.82, 2.24) is 5.32 Å². The van der Waals surface area contributed by atoms with Gasteiger partial charge < -0.3 is 15.2 Å². The summed E-state index contributed by atoms with van der Waals surface area (Å²) in [7, 11) is 0. The van der Waals surface area contributed by atoms with Gasteiger partial charge in [0.15, 0.2) is 6.61 Å². The molecule has 8 nitrogen and oxygen atoms in total. The largest absolute Gasteiger partial charge is 0.484 e. The topological polar surface area (TPSA) is 119 Å². The van der Waals surface area contributed by atoms with Crippen LogP contribution in [0.2, 0.25) is 0 Å². The lowest BCUT2D eigenvalue weighted by Crippen LogP contribution is -2.40. The molecule has 2 N–H and O–H groups in total. The van der Waals surface area contributed by atoms with Gasteiger partial charge in [0.1, 0.15) is 17.4 Å². The van der Waals surface area contributed by atoms with Crippen molar-refractivity contribution in [1.29, 1.82) is 0 Å². The molecule has 0 saturated carbocycles. The number of nitro groups is 1. The van der Waals surface area contributed by atoms with Crippen LogP contribution >= 0.6 is 0 Å². The van der Waals surface area contributed by atoms with Gasteiger partial charge in [0.05, 0.1) is 4.92 Å². The van der Waals surface area contributed by atoms with E-state index in [2.05, 4.69) is 10.1 Å². The Hall–Kier alpha value is -3.11. The predicted octanol–water partition coefficient (Wildman–Crippen LogP) is 2.69. The molecule has 0 saturated heterocycles. The smallest absolute Gasteiger partial charge is 0.422 e. The van der Waals surface area contributed by atoms with E-state index in [4.69, 9.17) is 5.11 Å². The number of amides is 1. The maximum absolute atomic E-state index is 12.2. The van der Waals surface area contributed by atoms with Gasteiger partial charge >= 0.3 is 12.1 Å². The van der Waals surface area contributed by atoms with Crippen LogP contribution in [0.1, 0.15) is 23.7 Å². The van der Waals surface area contributed by atoms with Gasteiger partial charge in [0, 0.05) is 6.07 Å². The number of aliphatic carboxylic acids is 1. The fourth-order valence-corrected chi connectivity index (χ4v) is 1.84. The minimum Gasteiger partial charge on any atom is -0.484 e. The average Bonchev–Trinajstić information content (AvgIpc) is 2.55. The van der Waals surface area contributed by atoms with Crippen LogP contribution in [0, 0.1) is 10.1 Å². The number of hydrogen-bond acceptors (Lipinski definition) is 5. The number of carbonyl (C=O) groups is 2. The van der Waals surface area contributed by atoms with E-state index in [0.717, 1.165) is 18.2 Å². The Bertz CT molecular complexity index is 718. The Kier molecular flexibility index (Phi) is 7.11. The summed E-state index contributed by atoms with van der Waals surface area (Å²) < 4.78 is 41.1. The number of allylic oxidation sites excluding steroid dienone is 1. The molecule has 1 aromatic rings. The van der Waals surface area contributed by atoms with Crippen molar-refractivity contribution in [2.45, 2.75) is 25.6 Å². The lowest BCUT2D eigenvalue weighted by Gasteiger charge is -2.14. The molecule has 142 valence electrons. The molecule has 1 aromatic carbocycles. The summed E-state index contributed by atoms with van der Waals surface area (Å²) in [6, 6.07) is 1.11. The third kappa shape index (κ3) is 6.42. The summed E-state index contributed by atoms with van der Waals surface area (Å²) in [4.78, 5) is 33.5. The number of hydrogen-bond donors (Lipinski definition) is 2. The average molecular weight is 376 g/mol. The molecule has 1 unspecified atom stereocenters. The number of carboxylic acid groups (broad SMARTS) is 1. The molecule has 0 spiro atoms. The molecule has 0 aromatic heterocycles. The van der Waals surface area contributed by atoms with E-state index < -0.39 is 52.6 Å². The van der Waals surface area contributed by atoms with Gasteiger partial charge in [0.25, 0.3) is 11.6 Å². The number of carbonyl (C=O) groups excluding carboxylic acids is 1. The Morgan fingerprint density at radius 2 is 2.08 bits per heavy atom. The van der Waals surface area contributed by atoms with Gasteiger partial charge in [-0.15, -0.1) is 0 Å². The Labute approximate surface area is 145 Å². The fourth-order valence-electron chi connectivity index (χ4n) is 1.84. The zero-order chi connectivity index (χ0) is 19.9. The van der Waals surface area contributed by atoms with E-state index in [1.807, 2.05) is 0 Å². The van der Waals surface area contributed by atoms with Crippen LogP contribution in [0.15, 0.2) is 30.4 Å². The number of nitro benzene ring substituents is 1. The van der Waals surface area contributed by atoms with Crippen LogP contribution in [0.25, 0.3) is 0 Å². The highest BCUT2D eigenvalue weighted by molar-refractivity contribution is 6.00. The molecule has 0 aliphatic carbocycles. The van der Waals surface area contributed by atoms with E-state index in [0.29, 0.717) is 0 Å². The summed E-state index contributed by atoms with van der Waals surface area (Å²) in [5.41, 5.74) is -1.31. The van der Waals surface area contributed by atoms with Crippen molar-refractivity contribution in [2.75, 3.05) is 6.61 Å². The third-order valence-electron chi connectivity index (χ3n) is 3.02. The second kappa shape index (κ2) is 8.83. The van der Waals surface area contributed by atoms with Crippen molar-refractivity contribution in [3.05, 3.63) is 46.0 Å². The van der Waals surface area contributed by atoms with E-state index in [1.54, 1.807) is 13.0 Å². The first-order chi connectivity index (χ1) is 12.0. The molecule has 0 aliphatic heterocycles. The fraction of sp³-hybridized carbons (Fsp3) is 0.333. The van der Waals surface area contributed by atoms with Crippen LogP contribution in [0.3, 0.4) is 0 Å². The van der Waals surface area contributed by atoms with Crippen LogP contribution in [-0.2, 0) is 4.79 Å². The molecule has 0 fully saturated rings. The number of carboxylic acids is 1. The molecular weight excluding hydrogens is 361 g/mol. The number of ether oxygens (including phenoxy) is 1. The van der Waals surface area contributed by atoms with Crippen molar-refractivity contribution >= 4 is 17.6 Å². The molecule has 1 rings (SSSR count). The highest BCUT2D eigenvalue weighted by Gasteiger charge is 2.30. The number of alkyl halides is 3. The molecule has 1 amide bonds. The van der Waals surface area contributed by atoms with Crippen molar-refractivity contribution in [3.8, 4) is 5.75 Å². The Morgan fingerprint density at radius 1 is 1.42 bits per heavy atom. The molecule has 1 atom stereocenters. The number of nitrogens with one attached hydrogen (secondary N) is 1. The number of rotatable bonds is 8. The maximum atomic E-state index is 12.2. The predicted molar refractivity (Wildman–Crippen MR) is 83.0 cm³/mol. The minimum atomic E-state index is -4.63. The number of benzene rings is 1. The van der Waals surface area contributed by atoms with Crippen LogP contribution in [-0.4, -0.2) is 40.7 Å². The standard InChI is InChI=1S/C15H15F3N2O6/c1-2-3-4-11(14(22)23)19-13(21)10-7-9(26-8-15(16,17)18)5-6-12(10)20(24)25/h2-3,5-7,11H,4,8H2,1H3,(H,19,21)(H,22,23)/b3-2+. The van der Waals surface area contributed by atoms with E-state index >= 15 is 0 Å². The van der Waals surface area contributed by atoms with Gasteiger partial charge in [-0.05, 0) is 25.5 Å². The molecular formula is C15H15F3N2O6. The third-order valence-corrected chi connectivity index (χ3v) is 3.02. The zero-order valence-corrected chi connectivity index (χ0v) is 13.4. The van der Waals surface area contributed by atoms with E-state index in [-0.39, 0.29) is 6.42 Å². The second-order valence-electron chi connectivity index (χ2n) is 5.01. The lowest BCUT2D eigenvalue weighted by atomic mass is 10.1. The van der Waals surface area contributed by atoms with E-state index in [1.165, 1.54) is 6.08 Å². The quantitative estimate of drug-likeness (QED) is 0.409. The van der Waals surface area contributed by atoms with Crippen LogP contribution < -0.4 is 10.1 Å². The van der Waals surface area contributed by atoms with Gasteiger partial charge in [-0.2, -0.15) is 13.2 Å². The summed E-state index contributed by atoms with van der Waals surface area (Å²) in [6.07, 6.45) is -1.69. The summed E-state index contributed by atoms with van der Waals surface area (Å²) in [6.45, 7) is -0.0159. The normalized spacial score (nSPS) is 12.6. The van der Waals surface area contributed by atoms with Crippen molar-refractivity contribution in [2.24, 2.45) is 0 Å². The first-order valence-electron chi connectivity index (χ1n) is 7.18. The van der Waals surface area contributed by atoms with Crippen molar-refractivity contribution < 1.29 is 37.5 Å². The van der Waals surface area contributed by atoms with Gasteiger partial charge in [-0.1, -0.05) is 12.2 Å². The molecule has 0 radical (unpaired) electrons. The van der Waals surface area contributed by atoms with Gasteiger partial charge in [0.2, 0.25) is 0 Å². The number of nitrogens with zero attached hydrogens (tertiary/aromatic N) is 1. The Morgan fingerprint density at radius 3 is 2.58 bits per heavy atom. The second-order valence-corrected chi connectivity index (χ2v) is 5.01. The molecule has 0 bridgehead atoms. The minimum absolute atomic E-state index is 0.0738. The highest BCUT2D eigenvalue weighted by Crippen LogP contribution is 2.26. The zero-order valence-electron chi connectivity index (χ0n) is 13.4. The Balaban J connectivity index is 3.11. The van der Waals surface area contributed by atoms with Crippen LogP contribution in [0.4, 0.5) is 18.9 Å². The summed E-state index contributed by atoms with van der Waals surface area (Å²) in [5, 5.41) is 22.2. The van der Waals surface area contributed by atoms with Gasteiger partial charge in [-0.25, -0.2) is 4.79 Å². The van der Waals surface area contributed by atoms with Crippen LogP contribution in [0.5, 0.6) is 5.75 Å². The molecule has 11 heteroatoms. The molecule has 0 heterocycles. The van der Waals surface area contributed by atoms with E-state index in [9.17, 15) is 32.9 Å². The molecule has 0 aliphatic rings. The van der Waals surface area contributed by atoms with Crippen molar-refractivity contribution in [3.63, 3.8) is 0 Å². The number of halogens is 3. The first-order valence-corrected chi connectivity index (χ1v) is 7.18. The summed E-state index contributed by atoms with van der Waals surface area (Å²) in [5.74, 6) is -2.91. The highest BCUT2D eigenvalue weighted by atomic mass is 19.4. The van der Waals surface area contributed by atoms with Gasteiger partial charge in [-0.3, -0.25) is 14.9 Å². The SMILES string of the molecule is C/C=C/CC(NC(=O)c1cc(OCC(F)(F)F)ccc1[N+](=O)[O-])C(=O)O. The molecule has 26 heavy (non-hydrogen) atoms.